The fraction of sp³-hybridized carbons (Fsp3) is 0.438. The molecule has 1 fully saturated rings. The first kappa shape index (κ1) is 14.1. The van der Waals surface area contributed by atoms with Crippen LogP contribution in [-0.4, -0.2) is 46.8 Å². The van der Waals surface area contributed by atoms with Crippen LogP contribution in [-0.2, 0) is 6.54 Å². The van der Waals surface area contributed by atoms with Crippen LogP contribution in [0.5, 0.6) is 0 Å². The van der Waals surface area contributed by atoms with Crippen molar-refractivity contribution in [2.45, 2.75) is 13.5 Å². The van der Waals surface area contributed by atoms with E-state index in [0.717, 1.165) is 56.0 Å². The van der Waals surface area contributed by atoms with E-state index >= 15 is 0 Å². The van der Waals surface area contributed by atoms with E-state index in [1.54, 1.807) is 4.57 Å². The quantitative estimate of drug-likeness (QED) is 0.918. The lowest BCUT2D eigenvalue weighted by atomic mass is 10.3. The van der Waals surface area contributed by atoms with Crippen molar-refractivity contribution < 1.29 is 0 Å². The van der Waals surface area contributed by atoms with Gasteiger partial charge in [0.1, 0.15) is 0 Å². The molecule has 0 saturated carbocycles. The highest BCUT2D eigenvalue weighted by molar-refractivity contribution is 5.79. The number of nitrogens with zero attached hydrogens (tertiary/aromatic N) is 3. The predicted molar refractivity (Wildman–Crippen MR) is 86.5 cm³/mol. The Hall–Kier alpha value is -1.85. The summed E-state index contributed by atoms with van der Waals surface area (Å²) in [6.07, 6.45) is 0. The topological polar surface area (TPSA) is 42.2 Å². The first-order valence-corrected chi connectivity index (χ1v) is 7.48. The number of rotatable bonds is 4. The fourth-order valence-electron chi connectivity index (χ4n) is 2.97. The van der Waals surface area contributed by atoms with E-state index in [9.17, 15) is 4.79 Å². The molecule has 5 heteroatoms. The zero-order valence-electron chi connectivity index (χ0n) is 12.5. The summed E-state index contributed by atoms with van der Waals surface area (Å²) in [5.41, 5.74) is 2.70. The van der Waals surface area contributed by atoms with Crippen molar-refractivity contribution in [2.75, 3.05) is 32.7 Å². The highest BCUT2D eigenvalue weighted by Crippen LogP contribution is 2.15. The average molecular weight is 286 g/mol. The summed E-state index contributed by atoms with van der Waals surface area (Å²) in [4.78, 5) is 15.0. The molecule has 2 aromatic rings. The summed E-state index contributed by atoms with van der Waals surface area (Å²) in [7, 11) is 0. The van der Waals surface area contributed by atoms with Crippen molar-refractivity contribution in [2.24, 2.45) is 0 Å². The maximum Gasteiger partial charge on any atom is 0.333 e. The normalized spacial score (nSPS) is 16.4. The molecule has 1 aliphatic rings. The minimum absolute atomic E-state index is 0.0128. The number of hydrogen-bond donors (Lipinski definition) is 1. The van der Waals surface area contributed by atoms with Gasteiger partial charge >= 0.3 is 5.69 Å². The molecule has 1 aromatic heterocycles. The Morgan fingerprint density at radius 1 is 1.19 bits per heavy atom. The van der Waals surface area contributed by atoms with Crippen molar-refractivity contribution in [1.82, 2.24) is 19.4 Å². The Balaban J connectivity index is 1.92. The van der Waals surface area contributed by atoms with Gasteiger partial charge in [-0.1, -0.05) is 18.7 Å². The smallest absolute Gasteiger partial charge is 0.314 e. The summed E-state index contributed by atoms with van der Waals surface area (Å²) in [6, 6.07) is 7.92. The lowest BCUT2D eigenvalue weighted by Gasteiger charge is -2.27. The van der Waals surface area contributed by atoms with Gasteiger partial charge in [-0.15, -0.1) is 0 Å². The lowest BCUT2D eigenvalue weighted by Crippen LogP contribution is -2.45. The number of allylic oxidation sites excluding steroid dienone is 1. The molecule has 1 saturated heterocycles. The maximum absolute atomic E-state index is 12.6. The predicted octanol–water partition coefficient (Wildman–Crippen LogP) is 1.20. The third-order valence-corrected chi connectivity index (χ3v) is 4.07. The maximum atomic E-state index is 12.6. The average Bonchev–Trinajstić information content (AvgIpc) is 2.78. The standard InChI is InChI=1S/C16H22N4O/c1-13(2)20-15-6-4-3-5-14(15)19(16(20)21)12-11-18-9-7-17-8-10-18/h3-6,17H,1,7-12H2,2H3. The molecule has 1 aromatic carbocycles. The molecule has 0 unspecified atom stereocenters. The number of benzene rings is 1. The molecule has 5 nitrogen and oxygen atoms in total. The SMILES string of the molecule is C=C(C)n1c(=O)n(CCN2CCNCC2)c2ccccc21. The molecule has 0 radical (unpaired) electrons. The van der Waals surface area contributed by atoms with E-state index in [2.05, 4.69) is 16.8 Å². The summed E-state index contributed by atoms with van der Waals surface area (Å²) in [6.45, 7) is 11.6. The monoisotopic (exact) mass is 286 g/mol. The van der Waals surface area contributed by atoms with E-state index in [0.29, 0.717) is 0 Å². The second-order valence-electron chi connectivity index (χ2n) is 5.59. The number of piperazine rings is 1. The van der Waals surface area contributed by atoms with Crippen molar-refractivity contribution in [3.63, 3.8) is 0 Å². The Morgan fingerprint density at radius 2 is 1.86 bits per heavy atom. The Bertz CT molecular complexity index is 707. The number of nitrogens with one attached hydrogen (secondary N) is 1. The molecule has 0 amide bonds. The first-order chi connectivity index (χ1) is 10.2. The number of hydrogen-bond acceptors (Lipinski definition) is 3. The molecule has 2 heterocycles. The van der Waals surface area contributed by atoms with Crippen LogP contribution in [0.25, 0.3) is 16.7 Å². The van der Waals surface area contributed by atoms with E-state index < -0.39 is 0 Å². The van der Waals surface area contributed by atoms with Gasteiger partial charge in [0, 0.05) is 45.0 Å². The second kappa shape index (κ2) is 5.87. The lowest BCUT2D eigenvalue weighted by molar-refractivity contribution is 0.232. The summed E-state index contributed by atoms with van der Waals surface area (Å²) < 4.78 is 3.57. The third-order valence-electron chi connectivity index (χ3n) is 4.07. The minimum atomic E-state index is 0.0128. The van der Waals surface area contributed by atoms with Crippen molar-refractivity contribution >= 4 is 16.7 Å². The van der Waals surface area contributed by atoms with Crippen LogP contribution >= 0.6 is 0 Å². The highest BCUT2D eigenvalue weighted by atomic mass is 16.1. The van der Waals surface area contributed by atoms with Gasteiger partial charge in [-0.05, 0) is 19.1 Å². The molecule has 0 spiro atoms. The van der Waals surface area contributed by atoms with Crippen LogP contribution in [0.1, 0.15) is 6.92 Å². The van der Waals surface area contributed by atoms with Gasteiger partial charge in [0.05, 0.1) is 11.0 Å². The Kier molecular flexibility index (Phi) is 3.94. The van der Waals surface area contributed by atoms with E-state index in [1.807, 2.05) is 35.8 Å². The molecule has 112 valence electrons. The number of para-hydroxylation sites is 2. The Labute approximate surface area is 124 Å². The molecule has 0 atom stereocenters. The van der Waals surface area contributed by atoms with Crippen molar-refractivity contribution in [3.05, 3.63) is 41.3 Å². The van der Waals surface area contributed by atoms with Crippen molar-refractivity contribution in [3.8, 4) is 0 Å². The summed E-state index contributed by atoms with van der Waals surface area (Å²) in [5, 5.41) is 3.35. The number of aromatic nitrogens is 2. The molecule has 0 aliphatic carbocycles. The largest absolute Gasteiger partial charge is 0.333 e. The first-order valence-electron chi connectivity index (χ1n) is 7.48. The molecule has 21 heavy (non-hydrogen) atoms. The van der Waals surface area contributed by atoms with E-state index in [1.165, 1.54) is 0 Å². The second-order valence-corrected chi connectivity index (χ2v) is 5.59. The van der Waals surface area contributed by atoms with E-state index in [-0.39, 0.29) is 5.69 Å². The molecule has 1 N–H and O–H groups in total. The van der Waals surface area contributed by atoms with Gasteiger partial charge in [-0.25, -0.2) is 4.79 Å². The van der Waals surface area contributed by atoms with Gasteiger partial charge in [0.25, 0.3) is 0 Å². The van der Waals surface area contributed by atoms with Crippen molar-refractivity contribution in [1.29, 1.82) is 0 Å². The fourth-order valence-corrected chi connectivity index (χ4v) is 2.97. The van der Waals surface area contributed by atoms with Gasteiger partial charge in [-0.2, -0.15) is 0 Å². The summed E-state index contributed by atoms with van der Waals surface area (Å²) in [5.74, 6) is 0. The summed E-state index contributed by atoms with van der Waals surface area (Å²) >= 11 is 0. The van der Waals surface area contributed by atoms with Crippen LogP contribution in [0.4, 0.5) is 0 Å². The molecule has 1 aliphatic heterocycles. The molecule has 0 bridgehead atoms. The molecular formula is C16H22N4O. The van der Waals surface area contributed by atoms with Crippen LogP contribution in [0.2, 0.25) is 0 Å². The number of imidazole rings is 1. The zero-order valence-corrected chi connectivity index (χ0v) is 12.5. The Morgan fingerprint density at radius 3 is 2.52 bits per heavy atom. The minimum Gasteiger partial charge on any atom is -0.314 e. The number of fused-ring (bicyclic) bond motifs is 1. The van der Waals surface area contributed by atoms with Crippen LogP contribution in [0.15, 0.2) is 35.6 Å². The highest BCUT2D eigenvalue weighted by Gasteiger charge is 2.15. The van der Waals surface area contributed by atoms with E-state index in [4.69, 9.17) is 0 Å². The van der Waals surface area contributed by atoms with Gasteiger partial charge in [-0.3, -0.25) is 14.0 Å². The van der Waals surface area contributed by atoms with Crippen LogP contribution in [0.3, 0.4) is 0 Å². The van der Waals surface area contributed by atoms with Gasteiger partial charge in [0.2, 0.25) is 0 Å². The van der Waals surface area contributed by atoms with Crippen LogP contribution < -0.4 is 11.0 Å². The molecule has 3 rings (SSSR count). The zero-order chi connectivity index (χ0) is 14.8. The molecular weight excluding hydrogens is 264 g/mol. The third kappa shape index (κ3) is 2.66. The van der Waals surface area contributed by atoms with Crippen LogP contribution in [0, 0.1) is 0 Å². The van der Waals surface area contributed by atoms with Gasteiger partial charge in [0.15, 0.2) is 0 Å². The van der Waals surface area contributed by atoms with Gasteiger partial charge < -0.3 is 5.32 Å².